The average Bonchev–Trinajstić information content (AvgIpc) is 3.25. The Bertz CT molecular complexity index is 1330. The SMILES string of the molecule is Clc1ccc(C2Oc3ccc(Cl)cc3C3CC(c4ccc5ccccc5c4)=NN32)cc1. The van der Waals surface area contributed by atoms with E-state index in [1.165, 1.54) is 10.8 Å². The van der Waals surface area contributed by atoms with Crippen molar-refractivity contribution in [2.45, 2.75) is 18.7 Å². The van der Waals surface area contributed by atoms with Crippen molar-refractivity contribution in [3.8, 4) is 5.75 Å². The quantitative estimate of drug-likeness (QED) is 0.321. The Labute approximate surface area is 190 Å². The van der Waals surface area contributed by atoms with Gasteiger partial charge in [-0.1, -0.05) is 71.7 Å². The molecule has 152 valence electrons. The van der Waals surface area contributed by atoms with Gasteiger partial charge in [-0.25, -0.2) is 5.01 Å². The summed E-state index contributed by atoms with van der Waals surface area (Å²) in [6, 6.07) is 28.5. The Morgan fingerprint density at radius 1 is 0.806 bits per heavy atom. The minimum absolute atomic E-state index is 0.0598. The number of hydrogen-bond donors (Lipinski definition) is 0. The third-order valence-corrected chi connectivity index (χ3v) is 6.48. The van der Waals surface area contributed by atoms with E-state index in [9.17, 15) is 0 Å². The Kier molecular flexibility index (Phi) is 4.41. The number of hydrogen-bond acceptors (Lipinski definition) is 3. The first-order chi connectivity index (χ1) is 15.2. The van der Waals surface area contributed by atoms with Gasteiger partial charge in [0, 0.05) is 27.6 Å². The van der Waals surface area contributed by atoms with Crippen LogP contribution < -0.4 is 4.74 Å². The number of rotatable bonds is 2. The van der Waals surface area contributed by atoms with E-state index in [1.54, 1.807) is 0 Å². The number of fused-ring (bicyclic) bond motifs is 4. The molecule has 2 atom stereocenters. The summed E-state index contributed by atoms with van der Waals surface area (Å²) in [5.74, 6) is 0.848. The van der Waals surface area contributed by atoms with Gasteiger partial charge >= 0.3 is 0 Å². The van der Waals surface area contributed by atoms with E-state index in [2.05, 4.69) is 47.5 Å². The van der Waals surface area contributed by atoms with Crippen molar-refractivity contribution < 1.29 is 4.74 Å². The van der Waals surface area contributed by atoms with E-state index in [4.69, 9.17) is 33.0 Å². The topological polar surface area (TPSA) is 24.8 Å². The molecule has 5 heteroatoms. The Balaban J connectivity index is 1.45. The highest BCUT2D eigenvalue weighted by Gasteiger charge is 2.41. The molecule has 2 aliphatic heterocycles. The highest BCUT2D eigenvalue weighted by atomic mass is 35.5. The lowest BCUT2D eigenvalue weighted by atomic mass is 9.95. The van der Waals surface area contributed by atoms with Crippen LogP contribution in [0.25, 0.3) is 10.8 Å². The van der Waals surface area contributed by atoms with Gasteiger partial charge in [-0.3, -0.25) is 0 Å². The monoisotopic (exact) mass is 444 g/mol. The molecule has 2 unspecified atom stereocenters. The minimum atomic E-state index is -0.325. The van der Waals surface area contributed by atoms with Crippen LogP contribution in [-0.4, -0.2) is 10.7 Å². The highest BCUT2D eigenvalue weighted by Crippen LogP contribution is 2.48. The van der Waals surface area contributed by atoms with Crippen molar-refractivity contribution in [3.63, 3.8) is 0 Å². The van der Waals surface area contributed by atoms with Crippen LogP contribution in [0.2, 0.25) is 10.0 Å². The molecule has 0 aromatic heterocycles. The maximum atomic E-state index is 6.40. The highest BCUT2D eigenvalue weighted by molar-refractivity contribution is 6.31. The molecule has 0 saturated carbocycles. The van der Waals surface area contributed by atoms with Crippen LogP contribution in [0.1, 0.15) is 35.4 Å². The van der Waals surface area contributed by atoms with E-state index >= 15 is 0 Å². The van der Waals surface area contributed by atoms with Gasteiger partial charge in [-0.05, 0) is 52.7 Å². The van der Waals surface area contributed by atoms with Gasteiger partial charge in [-0.2, -0.15) is 5.10 Å². The molecule has 31 heavy (non-hydrogen) atoms. The number of benzene rings is 4. The second-order valence-electron chi connectivity index (χ2n) is 7.91. The first-order valence-corrected chi connectivity index (χ1v) is 11.0. The Morgan fingerprint density at radius 3 is 2.42 bits per heavy atom. The number of halogens is 2. The van der Waals surface area contributed by atoms with Crippen LogP contribution in [-0.2, 0) is 0 Å². The first-order valence-electron chi connectivity index (χ1n) is 10.2. The van der Waals surface area contributed by atoms with Gasteiger partial charge in [0.2, 0.25) is 6.23 Å². The van der Waals surface area contributed by atoms with Gasteiger partial charge in [0.15, 0.2) is 0 Å². The first kappa shape index (κ1) is 18.7. The van der Waals surface area contributed by atoms with Crippen LogP contribution in [0, 0.1) is 0 Å². The van der Waals surface area contributed by atoms with Gasteiger partial charge < -0.3 is 4.74 Å². The summed E-state index contributed by atoms with van der Waals surface area (Å²) in [5.41, 5.74) is 4.26. The van der Waals surface area contributed by atoms with Crippen molar-refractivity contribution in [3.05, 3.63) is 112 Å². The fraction of sp³-hybridized carbons (Fsp3) is 0.115. The van der Waals surface area contributed by atoms with E-state index in [0.29, 0.717) is 10.0 Å². The van der Waals surface area contributed by atoms with Gasteiger partial charge in [0.25, 0.3) is 0 Å². The third-order valence-electron chi connectivity index (χ3n) is 5.99. The molecule has 4 aromatic rings. The molecule has 0 aliphatic carbocycles. The molecule has 2 heterocycles. The maximum Gasteiger partial charge on any atom is 0.213 e. The largest absolute Gasteiger partial charge is 0.464 e. The molecule has 6 rings (SSSR count). The molecule has 0 N–H and O–H groups in total. The van der Waals surface area contributed by atoms with Crippen molar-refractivity contribution in [2.24, 2.45) is 5.10 Å². The molecule has 0 radical (unpaired) electrons. The number of nitrogens with zero attached hydrogens (tertiary/aromatic N) is 2. The van der Waals surface area contributed by atoms with Crippen molar-refractivity contribution in [2.75, 3.05) is 0 Å². The summed E-state index contributed by atoms with van der Waals surface area (Å²) >= 11 is 12.4. The van der Waals surface area contributed by atoms with Gasteiger partial charge in [0.1, 0.15) is 5.75 Å². The Morgan fingerprint density at radius 2 is 1.58 bits per heavy atom. The van der Waals surface area contributed by atoms with Crippen LogP contribution in [0.4, 0.5) is 0 Å². The summed E-state index contributed by atoms with van der Waals surface area (Å²) in [4.78, 5) is 0. The number of hydrazone groups is 1. The van der Waals surface area contributed by atoms with Crippen molar-refractivity contribution >= 4 is 39.7 Å². The van der Waals surface area contributed by atoms with E-state index < -0.39 is 0 Å². The summed E-state index contributed by atoms with van der Waals surface area (Å²) in [7, 11) is 0. The lowest BCUT2D eigenvalue weighted by Crippen LogP contribution is -2.33. The standard InChI is InChI=1S/C26H18Cl2N2O/c27-20-9-7-17(8-10-20)26-30-24(22-14-21(28)11-12-25(22)31-26)15-23(29-30)19-6-5-16-3-1-2-4-18(16)13-19/h1-14,24,26H,15H2. The summed E-state index contributed by atoms with van der Waals surface area (Å²) < 4.78 is 6.40. The van der Waals surface area contributed by atoms with Crippen molar-refractivity contribution in [1.29, 1.82) is 0 Å². The zero-order chi connectivity index (χ0) is 20.9. The van der Waals surface area contributed by atoms with Gasteiger partial charge in [0.05, 0.1) is 11.8 Å². The predicted molar refractivity (Wildman–Crippen MR) is 126 cm³/mol. The van der Waals surface area contributed by atoms with Crippen molar-refractivity contribution in [1.82, 2.24) is 5.01 Å². The van der Waals surface area contributed by atoms with Crippen LogP contribution in [0.3, 0.4) is 0 Å². The lowest BCUT2D eigenvalue weighted by Gasteiger charge is -2.38. The molecule has 0 bridgehead atoms. The summed E-state index contributed by atoms with van der Waals surface area (Å²) in [5, 5.41) is 10.9. The molecule has 4 aromatic carbocycles. The zero-order valence-electron chi connectivity index (χ0n) is 16.5. The molecule has 0 saturated heterocycles. The zero-order valence-corrected chi connectivity index (χ0v) is 18.0. The lowest BCUT2D eigenvalue weighted by molar-refractivity contribution is -0.0190. The Hall–Kier alpha value is -3.01. The fourth-order valence-corrected chi connectivity index (χ4v) is 4.76. The van der Waals surface area contributed by atoms with E-state index in [-0.39, 0.29) is 12.3 Å². The fourth-order valence-electron chi connectivity index (χ4n) is 4.45. The molecule has 0 amide bonds. The third kappa shape index (κ3) is 3.25. The number of ether oxygens (including phenoxy) is 1. The van der Waals surface area contributed by atoms with E-state index in [1.807, 2.05) is 42.5 Å². The van der Waals surface area contributed by atoms with Crippen LogP contribution in [0.15, 0.2) is 90.0 Å². The van der Waals surface area contributed by atoms with Gasteiger partial charge in [-0.15, -0.1) is 0 Å². The normalized spacial score (nSPS) is 19.5. The van der Waals surface area contributed by atoms with Crippen LogP contribution in [0.5, 0.6) is 5.75 Å². The summed E-state index contributed by atoms with van der Waals surface area (Å²) in [6.07, 6.45) is 0.466. The average molecular weight is 445 g/mol. The minimum Gasteiger partial charge on any atom is -0.464 e. The second-order valence-corrected chi connectivity index (χ2v) is 8.79. The molecule has 0 fully saturated rings. The van der Waals surface area contributed by atoms with Crippen LogP contribution >= 0.6 is 23.2 Å². The second kappa shape index (κ2) is 7.30. The predicted octanol–water partition coefficient (Wildman–Crippen LogP) is 7.39. The molecule has 2 aliphatic rings. The smallest absolute Gasteiger partial charge is 0.213 e. The molecule has 0 spiro atoms. The molecule has 3 nitrogen and oxygen atoms in total. The molecular formula is C26H18Cl2N2O. The summed E-state index contributed by atoms with van der Waals surface area (Å²) in [6.45, 7) is 0. The molecular weight excluding hydrogens is 427 g/mol. The van der Waals surface area contributed by atoms with E-state index in [0.717, 1.165) is 34.6 Å². The maximum absolute atomic E-state index is 6.40.